The summed E-state index contributed by atoms with van der Waals surface area (Å²) in [6, 6.07) is 0.500. The monoisotopic (exact) mass is 268 g/mol. The molecular weight excluding hydrogens is 244 g/mol. The molecule has 0 amide bonds. The van der Waals surface area contributed by atoms with Crippen molar-refractivity contribution in [3.63, 3.8) is 0 Å². The fraction of sp³-hybridized carbons (Fsp3) is 0.846. The van der Waals surface area contributed by atoms with Gasteiger partial charge in [-0.1, -0.05) is 18.9 Å². The molecule has 1 fully saturated rings. The minimum Gasteiger partial charge on any atom is -0.407 e. The zero-order valence-corrected chi connectivity index (χ0v) is 12.0. The maximum atomic E-state index is 5.52. The summed E-state index contributed by atoms with van der Waals surface area (Å²) in [4.78, 5) is 0. The molecule has 1 aliphatic rings. The molecule has 2 heterocycles. The largest absolute Gasteiger partial charge is 0.407 e. The van der Waals surface area contributed by atoms with E-state index in [1.54, 1.807) is 0 Å². The van der Waals surface area contributed by atoms with E-state index < -0.39 is 0 Å². The summed E-state index contributed by atoms with van der Waals surface area (Å²) >= 11 is 0. The van der Waals surface area contributed by atoms with Crippen LogP contribution in [0.3, 0.4) is 0 Å². The number of aromatic nitrogens is 2. The number of ether oxygens (including phenoxy) is 1. The van der Waals surface area contributed by atoms with Crippen LogP contribution in [0.5, 0.6) is 0 Å². The van der Waals surface area contributed by atoms with Crippen LogP contribution in [0, 0.1) is 11.8 Å². The van der Waals surface area contributed by atoms with E-state index in [0.717, 1.165) is 26.1 Å². The van der Waals surface area contributed by atoms with Crippen molar-refractivity contribution in [2.45, 2.75) is 39.8 Å². The van der Waals surface area contributed by atoms with Gasteiger partial charge in [-0.2, -0.15) is 0 Å². The maximum Gasteiger partial charge on any atom is 0.315 e. The fourth-order valence-electron chi connectivity index (χ4n) is 2.13. The molecule has 0 bridgehead atoms. The van der Waals surface area contributed by atoms with Gasteiger partial charge in [0.25, 0.3) is 0 Å². The zero-order chi connectivity index (χ0) is 13.7. The molecule has 6 nitrogen and oxygen atoms in total. The van der Waals surface area contributed by atoms with Crippen LogP contribution in [-0.4, -0.2) is 36.0 Å². The molecule has 108 valence electrons. The quantitative estimate of drug-likeness (QED) is 0.783. The van der Waals surface area contributed by atoms with E-state index in [9.17, 15) is 0 Å². The molecule has 19 heavy (non-hydrogen) atoms. The van der Waals surface area contributed by atoms with Gasteiger partial charge in [-0.25, -0.2) is 0 Å². The summed E-state index contributed by atoms with van der Waals surface area (Å²) in [6.07, 6.45) is 1.40. The average Bonchev–Trinajstić information content (AvgIpc) is 2.95. The first-order valence-corrected chi connectivity index (χ1v) is 7.03. The lowest BCUT2D eigenvalue weighted by molar-refractivity contribution is 0.108. The third kappa shape index (κ3) is 4.47. The van der Waals surface area contributed by atoms with Gasteiger partial charge in [-0.15, -0.1) is 5.10 Å². The Hall–Kier alpha value is -1.14. The Morgan fingerprint density at radius 3 is 2.89 bits per heavy atom. The van der Waals surface area contributed by atoms with Crippen molar-refractivity contribution in [2.75, 3.05) is 25.0 Å². The molecule has 0 spiro atoms. The minimum absolute atomic E-state index is 0.308. The number of hydrogen-bond acceptors (Lipinski definition) is 6. The van der Waals surface area contributed by atoms with E-state index in [4.69, 9.17) is 9.15 Å². The minimum atomic E-state index is 0.308. The first-order chi connectivity index (χ1) is 9.15. The summed E-state index contributed by atoms with van der Waals surface area (Å²) < 4.78 is 11.0. The smallest absolute Gasteiger partial charge is 0.315 e. The van der Waals surface area contributed by atoms with Crippen molar-refractivity contribution in [3.8, 4) is 0 Å². The SMILES string of the molecule is CC(C)CNCc1nnc(NCC2CCOC2C)o1. The van der Waals surface area contributed by atoms with Gasteiger partial charge in [-0.05, 0) is 25.8 Å². The Morgan fingerprint density at radius 1 is 1.37 bits per heavy atom. The van der Waals surface area contributed by atoms with Gasteiger partial charge in [0.15, 0.2) is 0 Å². The van der Waals surface area contributed by atoms with Gasteiger partial charge in [0, 0.05) is 19.1 Å². The van der Waals surface area contributed by atoms with E-state index in [-0.39, 0.29) is 0 Å². The lowest BCUT2D eigenvalue weighted by Gasteiger charge is -2.13. The first kappa shape index (κ1) is 14.3. The second-order valence-corrected chi connectivity index (χ2v) is 5.53. The maximum absolute atomic E-state index is 5.52. The molecule has 0 aromatic carbocycles. The third-order valence-corrected chi connectivity index (χ3v) is 3.34. The Bertz CT molecular complexity index is 380. The average molecular weight is 268 g/mol. The van der Waals surface area contributed by atoms with E-state index >= 15 is 0 Å². The molecular formula is C13H24N4O2. The van der Waals surface area contributed by atoms with Crippen molar-refractivity contribution < 1.29 is 9.15 Å². The molecule has 1 aliphatic heterocycles. The summed E-state index contributed by atoms with van der Waals surface area (Å²) in [5.41, 5.74) is 0. The van der Waals surface area contributed by atoms with Crippen LogP contribution in [0.15, 0.2) is 4.42 Å². The van der Waals surface area contributed by atoms with E-state index in [1.165, 1.54) is 0 Å². The summed E-state index contributed by atoms with van der Waals surface area (Å²) in [6.45, 7) is 9.67. The molecule has 1 aromatic rings. The first-order valence-electron chi connectivity index (χ1n) is 7.03. The van der Waals surface area contributed by atoms with E-state index in [2.05, 4.69) is 41.6 Å². The molecule has 2 rings (SSSR count). The van der Waals surface area contributed by atoms with Crippen molar-refractivity contribution >= 4 is 6.01 Å². The van der Waals surface area contributed by atoms with E-state index in [0.29, 0.717) is 36.4 Å². The van der Waals surface area contributed by atoms with Crippen LogP contribution < -0.4 is 10.6 Å². The molecule has 6 heteroatoms. The molecule has 2 N–H and O–H groups in total. The second kappa shape index (κ2) is 6.86. The number of nitrogens with one attached hydrogen (secondary N) is 2. The van der Waals surface area contributed by atoms with Crippen molar-refractivity contribution in [2.24, 2.45) is 11.8 Å². The molecule has 1 saturated heterocycles. The Balaban J connectivity index is 1.71. The summed E-state index contributed by atoms with van der Waals surface area (Å²) in [7, 11) is 0. The van der Waals surface area contributed by atoms with Crippen LogP contribution in [-0.2, 0) is 11.3 Å². The molecule has 1 aromatic heterocycles. The second-order valence-electron chi connectivity index (χ2n) is 5.53. The number of rotatable bonds is 7. The molecule has 2 atom stereocenters. The number of anilines is 1. The van der Waals surface area contributed by atoms with Gasteiger partial charge in [-0.3, -0.25) is 0 Å². The van der Waals surface area contributed by atoms with E-state index in [1.807, 2.05) is 0 Å². The summed E-state index contributed by atoms with van der Waals surface area (Å²) in [5.74, 6) is 1.76. The molecule has 0 aliphatic carbocycles. The van der Waals surface area contributed by atoms with Gasteiger partial charge >= 0.3 is 6.01 Å². The predicted octanol–water partition coefficient (Wildman–Crippen LogP) is 1.65. The highest BCUT2D eigenvalue weighted by molar-refractivity contribution is 5.17. The Morgan fingerprint density at radius 2 is 2.21 bits per heavy atom. The Kier molecular flexibility index (Phi) is 5.15. The van der Waals surface area contributed by atoms with Crippen molar-refractivity contribution in [1.82, 2.24) is 15.5 Å². The fourth-order valence-corrected chi connectivity index (χ4v) is 2.13. The van der Waals surface area contributed by atoms with Crippen LogP contribution >= 0.6 is 0 Å². The van der Waals surface area contributed by atoms with Gasteiger partial charge < -0.3 is 19.8 Å². The zero-order valence-electron chi connectivity index (χ0n) is 12.0. The molecule has 2 unspecified atom stereocenters. The molecule has 0 radical (unpaired) electrons. The van der Waals surface area contributed by atoms with Crippen LogP contribution in [0.4, 0.5) is 6.01 Å². The highest BCUT2D eigenvalue weighted by Crippen LogP contribution is 2.20. The van der Waals surface area contributed by atoms with Gasteiger partial charge in [0.05, 0.1) is 12.6 Å². The Labute approximate surface area is 114 Å². The number of hydrogen-bond donors (Lipinski definition) is 2. The lowest BCUT2D eigenvalue weighted by atomic mass is 10.0. The lowest BCUT2D eigenvalue weighted by Crippen LogP contribution is -2.20. The molecule has 0 saturated carbocycles. The third-order valence-electron chi connectivity index (χ3n) is 3.34. The highest BCUT2D eigenvalue weighted by atomic mass is 16.5. The standard InChI is InChI=1S/C13H24N4O2/c1-9(2)6-14-8-12-16-17-13(19-12)15-7-11-4-5-18-10(11)3/h9-11,14H,4-8H2,1-3H3,(H,15,17). The highest BCUT2D eigenvalue weighted by Gasteiger charge is 2.24. The van der Waals surface area contributed by atoms with Crippen LogP contribution in [0.2, 0.25) is 0 Å². The van der Waals surface area contributed by atoms with Crippen LogP contribution in [0.1, 0.15) is 33.1 Å². The van der Waals surface area contributed by atoms with Crippen molar-refractivity contribution in [1.29, 1.82) is 0 Å². The predicted molar refractivity (Wildman–Crippen MR) is 72.9 cm³/mol. The van der Waals surface area contributed by atoms with Crippen molar-refractivity contribution in [3.05, 3.63) is 5.89 Å². The van der Waals surface area contributed by atoms with Gasteiger partial charge in [0.1, 0.15) is 0 Å². The van der Waals surface area contributed by atoms with Crippen LogP contribution in [0.25, 0.3) is 0 Å². The summed E-state index contributed by atoms with van der Waals surface area (Å²) in [5, 5.41) is 14.5. The number of nitrogens with zero attached hydrogens (tertiary/aromatic N) is 2. The van der Waals surface area contributed by atoms with Gasteiger partial charge in [0.2, 0.25) is 5.89 Å². The normalized spacial score (nSPS) is 23.2. The topological polar surface area (TPSA) is 72.2 Å².